The molecule has 1 amide bonds. The molecule has 0 radical (unpaired) electrons. The van der Waals surface area contributed by atoms with Crippen molar-refractivity contribution in [2.24, 2.45) is 11.7 Å². The first-order chi connectivity index (χ1) is 9.44. The minimum atomic E-state index is -3.21. The number of hydrogen-bond acceptors (Lipinski definition) is 4. The van der Waals surface area contributed by atoms with Gasteiger partial charge in [-0.3, -0.25) is 9.10 Å². The molecule has 6 nitrogen and oxygen atoms in total. The van der Waals surface area contributed by atoms with Crippen LogP contribution in [0.15, 0.2) is 24.3 Å². The molecule has 1 atom stereocenters. The van der Waals surface area contributed by atoms with Crippen LogP contribution in [-0.4, -0.2) is 33.2 Å². The zero-order chi connectivity index (χ0) is 14.8. The van der Waals surface area contributed by atoms with Crippen molar-refractivity contribution in [3.63, 3.8) is 0 Å². The van der Waals surface area contributed by atoms with Crippen molar-refractivity contribution < 1.29 is 13.2 Å². The molecule has 1 unspecified atom stereocenters. The Morgan fingerprint density at radius 3 is 2.85 bits per heavy atom. The molecule has 1 aromatic carbocycles. The predicted molar refractivity (Wildman–Crippen MR) is 79.0 cm³/mol. The van der Waals surface area contributed by atoms with Gasteiger partial charge in [-0.25, -0.2) is 8.42 Å². The van der Waals surface area contributed by atoms with Gasteiger partial charge >= 0.3 is 0 Å². The number of rotatable bonds is 4. The Morgan fingerprint density at radius 2 is 2.25 bits per heavy atom. The third-order valence-corrected chi connectivity index (χ3v) is 5.17. The number of carbonyl (C=O) groups excluding carboxylic acids is 1. The lowest BCUT2D eigenvalue weighted by Gasteiger charge is -2.18. The smallest absolute Gasteiger partial charge is 0.235 e. The fourth-order valence-corrected chi connectivity index (χ4v) is 3.60. The molecule has 7 heteroatoms. The van der Waals surface area contributed by atoms with Crippen molar-refractivity contribution in [3.05, 3.63) is 24.3 Å². The van der Waals surface area contributed by atoms with E-state index in [1.165, 1.54) is 4.31 Å². The van der Waals surface area contributed by atoms with Crippen LogP contribution in [0, 0.1) is 5.92 Å². The van der Waals surface area contributed by atoms with E-state index in [4.69, 9.17) is 5.73 Å². The maximum atomic E-state index is 11.9. The van der Waals surface area contributed by atoms with Gasteiger partial charge in [-0.15, -0.1) is 0 Å². The second-order valence-electron chi connectivity index (χ2n) is 4.92. The molecule has 0 spiro atoms. The third-order valence-electron chi connectivity index (χ3n) is 3.30. The lowest BCUT2D eigenvalue weighted by molar-refractivity contribution is -0.119. The molecule has 0 saturated carbocycles. The van der Waals surface area contributed by atoms with E-state index in [1.54, 1.807) is 31.2 Å². The van der Waals surface area contributed by atoms with Gasteiger partial charge in [0.25, 0.3) is 0 Å². The standard InChI is InChI=1S/C13H19N3O3S/c1-10(9-14)13(17)15-11-4-2-5-12(8-11)16-6-3-7-20(16,18)19/h2,4-5,8,10H,3,6-7,9,14H2,1H3,(H,15,17). The molecule has 1 fully saturated rings. The molecule has 3 N–H and O–H groups in total. The Kier molecular flexibility index (Phi) is 4.29. The summed E-state index contributed by atoms with van der Waals surface area (Å²) in [5.74, 6) is -0.281. The van der Waals surface area contributed by atoms with E-state index in [-0.39, 0.29) is 24.1 Å². The van der Waals surface area contributed by atoms with E-state index in [1.807, 2.05) is 0 Å². The van der Waals surface area contributed by atoms with Gasteiger partial charge in [0.1, 0.15) is 0 Å². The van der Waals surface area contributed by atoms with Gasteiger partial charge in [0.15, 0.2) is 0 Å². The van der Waals surface area contributed by atoms with Crippen LogP contribution in [0.1, 0.15) is 13.3 Å². The van der Waals surface area contributed by atoms with E-state index in [0.29, 0.717) is 24.3 Å². The third kappa shape index (κ3) is 3.10. The summed E-state index contributed by atoms with van der Waals surface area (Å²) in [6.45, 7) is 2.50. The summed E-state index contributed by atoms with van der Waals surface area (Å²) < 4.78 is 25.1. The second-order valence-corrected chi connectivity index (χ2v) is 6.93. The zero-order valence-corrected chi connectivity index (χ0v) is 12.2. The minimum Gasteiger partial charge on any atom is -0.330 e. The van der Waals surface area contributed by atoms with Gasteiger partial charge < -0.3 is 11.1 Å². The van der Waals surface area contributed by atoms with Crippen LogP contribution in [0.3, 0.4) is 0 Å². The quantitative estimate of drug-likeness (QED) is 0.858. The van der Waals surface area contributed by atoms with E-state index in [2.05, 4.69) is 5.32 Å². The van der Waals surface area contributed by atoms with Crippen LogP contribution >= 0.6 is 0 Å². The molecule has 0 aliphatic carbocycles. The molecular formula is C13H19N3O3S. The number of sulfonamides is 1. The van der Waals surface area contributed by atoms with E-state index in [9.17, 15) is 13.2 Å². The van der Waals surface area contributed by atoms with Crippen molar-refractivity contribution in [1.29, 1.82) is 0 Å². The largest absolute Gasteiger partial charge is 0.330 e. The average Bonchev–Trinajstić information content (AvgIpc) is 2.77. The number of benzene rings is 1. The first-order valence-corrected chi connectivity index (χ1v) is 8.16. The summed E-state index contributed by atoms with van der Waals surface area (Å²) in [6, 6.07) is 6.86. The van der Waals surface area contributed by atoms with Crippen LogP contribution < -0.4 is 15.4 Å². The van der Waals surface area contributed by atoms with Gasteiger partial charge in [0.05, 0.1) is 11.4 Å². The topological polar surface area (TPSA) is 92.5 Å². The van der Waals surface area contributed by atoms with E-state index in [0.717, 1.165) is 0 Å². The fraction of sp³-hybridized carbons (Fsp3) is 0.462. The Hall–Kier alpha value is -1.60. The zero-order valence-electron chi connectivity index (χ0n) is 11.4. The SMILES string of the molecule is CC(CN)C(=O)Nc1cccc(N2CCCS2(=O)=O)c1. The normalized spacial score (nSPS) is 18.8. The summed E-state index contributed by atoms with van der Waals surface area (Å²) in [7, 11) is -3.21. The highest BCUT2D eigenvalue weighted by Crippen LogP contribution is 2.26. The molecule has 1 aliphatic heterocycles. The highest BCUT2D eigenvalue weighted by Gasteiger charge is 2.28. The maximum absolute atomic E-state index is 11.9. The number of nitrogens with one attached hydrogen (secondary N) is 1. The Bertz CT molecular complexity index is 601. The van der Waals surface area contributed by atoms with Crippen molar-refractivity contribution in [2.75, 3.05) is 28.5 Å². The summed E-state index contributed by atoms with van der Waals surface area (Å²) >= 11 is 0. The molecule has 1 aromatic rings. The van der Waals surface area contributed by atoms with Crippen LogP contribution in [0.5, 0.6) is 0 Å². The highest BCUT2D eigenvalue weighted by molar-refractivity contribution is 7.93. The molecular weight excluding hydrogens is 278 g/mol. The number of nitrogens with zero attached hydrogens (tertiary/aromatic N) is 1. The van der Waals surface area contributed by atoms with Crippen molar-refractivity contribution in [2.45, 2.75) is 13.3 Å². The second kappa shape index (κ2) is 5.80. The minimum absolute atomic E-state index is 0.172. The number of carbonyl (C=O) groups is 1. The molecule has 2 rings (SSSR count). The van der Waals surface area contributed by atoms with Crippen molar-refractivity contribution in [1.82, 2.24) is 0 Å². The summed E-state index contributed by atoms with van der Waals surface area (Å²) in [4.78, 5) is 11.8. The predicted octanol–water partition coefficient (Wildman–Crippen LogP) is 0.760. The van der Waals surface area contributed by atoms with Gasteiger partial charge in [-0.1, -0.05) is 13.0 Å². The molecule has 1 saturated heterocycles. The van der Waals surface area contributed by atoms with Gasteiger partial charge in [0, 0.05) is 24.7 Å². The molecule has 20 heavy (non-hydrogen) atoms. The Balaban J connectivity index is 2.18. The number of amides is 1. The van der Waals surface area contributed by atoms with Crippen LogP contribution in [-0.2, 0) is 14.8 Å². The average molecular weight is 297 g/mol. The molecule has 0 bridgehead atoms. The van der Waals surface area contributed by atoms with Crippen LogP contribution in [0.4, 0.5) is 11.4 Å². The monoisotopic (exact) mass is 297 g/mol. The fourth-order valence-electron chi connectivity index (χ4n) is 2.04. The van der Waals surface area contributed by atoms with Gasteiger partial charge in [0.2, 0.25) is 15.9 Å². The summed E-state index contributed by atoms with van der Waals surface area (Å²) in [5.41, 5.74) is 6.61. The van der Waals surface area contributed by atoms with E-state index >= 15 is 0 Å². The highest BCUT2D eigenvalue weighted by atomic mass is 32.2. The first kappa shape index (κ1) is 14.8. The number of hydrogen-bond donors (Lipinski definition) is 2. The molecule has 110 valence electrons. The van der Waals surface area contributed by atoms with Crippen molar-refractivity contribution in [3.8, 4) is 0 Å². The Morgan fingerprint density at radius 1 is 1.50 bits per heavy atom. The van der Waals surface area contributed by atoms with Gasteiger partial charge in [-0.05, 0) is 24.6 Å². The number of nitrogens with two attached hydrogens (primary N) is 1. The van der Waals surface area contributed by atoms with Crippen LogP contribution in [0.2, 0.25) is 0 Å². The Labute approximate surface area is 119 Å². The summed E-state index contributed by atoms with van der Waals surface area (Å²) in [5, 5.41) is 2.74. The lowest BCUT2D eigenvalue weighted by Crippen LogP contribution is -2.27. The lowest BCUT2D eigenvalue weighted by atomic mass is 10.1. The van der Waals surface area contributed by atoms with Crippen molar-refractivity contribution >= 4 is 27.3 Å². The van der Waals surface area contributed by atoms with E-state index < -0.39 is 10.0 Å². The van der Waals surface area contributed by atoms with Gasteiger partial charge in [-0.2, -0.15) is 0 Å². The number of anilines is 2. The summed E-state index contributed by atoms with van der Waals surface area (Å²) in [6.07, 6.45) is 0.628. The molecule has 1 aliphatic rings. The molecule has 0 aromatic heterocycles. The molecule has 1 heterocycles. The maximum Gasteiger partial charge on any atom is 0.235 e. The van der Waals surface area contributed by atoms with Crippen LogP contribution in [0.25, 0.3) is 0 Å². The first-order valence-electron chi connectivity index (χ1n) is 6.55.